The summed E-state index contributed by atoms with van der Waals surface area (Å²) in [6, 6.07) is 0.0389. The number of nitrogens with one attached hydrogen (secondary N) is 2. The van der Waals surface area contributed by atoms with Crippen molar-refractivity contribution >= 4 is 11.9 Å². The second-order valence-corrected chi connectivity index (χ2v) is 5.54. The summed E-state index contributed by atoms with van der Waals surface area (Å²) in [7, 11) is 0. The highest BCUT2D eigenvalue weighted by molar-refractivity contribution is 5.79. The molecule has 1 saturated heterocycles. The maximum absolute atomic E-state index is 12.1. The molecule has 1 heterocycles. The maximum Gasteiger partial charge on any atom is 0.305 e. The van der Waals surface area contributed by atoms with Crippen LogP contribution in [-0.2, 0) is 14.3 Å². The van der Waals surface area contributed by atoms with Gasteiger partial charge < -0.3 is 20.5 Å². The Balaban J connectivity index is 1.86. The molecule has 0 aromatic rings. The zero-order valence-electron chi connectivity index (χ0n) is 11.1. The van der Waals surface area contributed by atoms with Crippen molar-refractivity contribution in [3.63, 3.8) is 0 Å². The molecule has 1 unspecified atom stereocenters. The van der Waals surface area contributed by atoms with Gasteiger partial charge in [0, 0.05) is 19.0 Å². The Morgan fingerprint density at radius 1 is 1.37 bits per heavy atom. The molecule has 0 radical (unpaired) electrons. The van der Waals surface area contributed by atoms with Gasteiger partial charge in [-0.1, -0.05) is 12.8 Å². The van der Waals surface area contributed by atoms with Crippen LogP contribution in [0.3, 0.4) is 0 Å². The molecule has 2 aliphatic rings. The fourth-order valence-electron chi connectivity index (χ4n) is 3.01. The number of hydrogen-bond acceptors (Lipinski definition) is 4. The predicted molar refractivity (Wildman–Crippen MR) is 68.8 cm³/mol. The molecule has 6 nitrogen and oxygen atoms in total. The van der Waals surface area contributed by atoms with E-state index >= 15 is 0 Å². The summed E-state index contributed by atoms with van der Waals surface area (Å²) >= 11 is 0. The maximum atomic E-state index is 12.1. The number of carboxylic acid groups (broad SMARTS) is 1. The first kappa shape index (κ1) is 14.3. The van der Waals surface area contributed by atoms with Crippen molar-refractivity contribution in [1.82, 2.24) is 10.6 Å². The van der Waals surface area contributed by atoms with Crippen LogP contribution in [0, 0.1) is 0 Å². The Labute approximate surface area is 112 Å². The lowest BCUT2D eigenvalue weighted by molar-refractivity contribution is -0.139. The lowest BCUT2D eigenvalue weighted by Gasteiger charge is -2.30. The van der Waals surface area contributed by atoms with E-state index in [1.54, 1.807) is 0 Å². The molecular formula is C13H22N2O4. The van der Waals surface area contributed by atoms with E-state index in [1.165, 1.54) is 0 Å². The second kappa shape index (κ2) is 6.34. The van der Waals surface area contributed by atoms with Gasteiger partial charge in [0.15, 0.2) is 0 Å². The Morgan fingerprint density at radius 2 is 2.11 bits per heavy atom. The summed E-state index contributed by atoms with van der Waals surface area (Å²) < 4.78 is 5.31. The highest BCUT2D eigenvalue weighted by Gasteiger charge is 2.37. The predicted octanol–water partition coefficient (Wildman–Crippen LogP) is 0.269. The fourth-order valence-corrected chi connectivity index (χ4v) is 3.01. The molecule has 1 aliphatic carbocycles. The standard InChI is InChI=1S/C13H22N2O4/c16-11(7-10-9-19-6-5-14-10)15-13(8-12(17)18)3-1-2-4-13/h10,14H,1-9H2,(H,15,16)(H,17,18). The largest absolute Gasteiger partial charge is 0.481 e. The van der Waals surface area contributed by atoms with Gasteiger partial charge in [-0.25, -0.2) is 0 Å². The Hall–Kier alpha value is -1.14. The molecule has 1 aliphatic heterocycles. The van der Waals surface area contributed by atoms with Gasteiger partial charge in [-0.05, 0) is 12.8 Å². The molecule has 1 amide bonds. The number of aliphatic carboxylic acids is 1. The van der Waals surface area contributed by atoms with Gasteiger partial charge in [0.25, 0.3) is 0 Å². The third-order valence-electron chi connectivity index (χ3n) is 3.89. The lowest BCUT2D eigenvalue weighted by atomic mass is 9.92. The molecule has 108 valence electrons. The van der Waals surface area contributed by atoms with Crippen LogP contribution in [0.15, 0.2) is 0 Å². The van der Waals surface area contributed by atoms with E-state index in [9.17, 15) is 9.59 Å². The molecule has 19 heavy (non-hydrogen) atoms. The van der Waals surface area contributed by atoms with Crippen molar-refractivity contribution in [1.29, 1.82) is 0 Å². The normalized spacial score (nSPS) is 26.0. The van der Waals surface area contributed by atoms with Crippen molar-refractivity contribution < 1.29 is 19.4 Å². The Bertz CT molecular complexity index is 334. The molecule has 3 N–H and O–H groups in total. The van der Waals surface area contributed by atoms with Gasteiger partial charge in [0.2, 0.25) is 5.91 Å². The minimum Gasteiger partial charge on any atom is -0.481 e. The average Bonchev–Trinajstić information content (AvgIpc) is 2.77. The van der Waals surface area contributed by atoms with Crippen LogP contribution in [0.4, 0.5) is 0 Å². The second-order valence-electron chi connectivity index (χ2n) is 5.54. The molecule has 2 fully saturated rings. The van der Waals surface area contributed by atoms with Gasteiger partial charge in [0.1, 0.15) is 0 Å². The van der Waals surface area contributed by atoms with E-state index in [1.807, 2.05) is 0 Å². The van der Waals surface area contributed by atoms with Crippen LogP contribution in [0.2, 0.25) is 0 Å². The van der Waals surface area contributed by atoms with Gasteiger partial charge >= 0.3 is 5.97 Å². The molecule has 0 spiro atoms. The van der Waals surface area contributed by atoms with E-state index in [4.69, 9.17) is 9.84 Å². The van der Waals surface area contributed by atoms with Crippen molar-refractivity contribution in [3.8, 4) is 0 Å². The number of carbonyl (C=O) groups excluding carboxylic acids is 1. The van der Waals surface area contributed by atoms with Crippen LogP contribution in [0.1, 0.15) is 38.5 Å². The Morgan fingerprint density at radius 3 is 2.68 bits per heavy atom. The van der Waals surface area contributed by atoms with Crippen molar-refractivity contribution in [2.45, 2.75) is 50.1 Å². The smallest absolute Gasteiger partial charge is 0.305 e. The Kier molecular flexibility index (Phi) is 4.76. The van der Waals surface area contributed by atoms with Crippen molar-refractivity contribution in [3.05, 3.63) is 0 Å². The SMILES string of the molecule is O=C(O)CC1(NC(=O)CC2COCCN2)CCCC1. The highest BCUT2D eigenvalue weighted by atomic mass is 16.5. The monoisotopic (exact) mass is 270 g/mol. The van der Waals surface area contributed by atoms with E-state index < -0.39 is 11.5 Å². The molecule has 6 heteroatoms. The van der Waals surface area contributed by atoms with Gasteiger partial charge in [-0.2, -0.15) is 0 Å². The quantitative estimate of drug-likeness (QED) is 0.667. The van der Waals surface area contributed by atoms with Gasteiger partial charge in [-0.3, -0.25) is 9.59 Å². The third-order valence-corrected chi connectivity index (χ3v) is 3.89. The van der Waals surface area contributed by atoms with Crippen LogP contribution in [0.5, 0.6) is 0 Å². The summed E-state index contributed by atoms with van der Waals surface area (Å²) in [5.41, 5.74) is -0.529. The number of ether oxygens (including phenoxy) is 1. The number of carboxylic acids is 1. The number of rotatable bonds is 5. The molecule has 0 aromatic carbocycles. The average molecular weight is 270 g/mol. The first-order valence-electron chi connectivity index (χ1n) is 6.94. The summed E-state index contributed by atoms with van der Waals surface area (Å²) in [4.78, 5) is 23.0. The first-order chi connectivity index (χ1) is 9.10. The van der Waals surface area contributed by atoms with E-state index in [2.05, 4.69) is 10.6 Å². The number of carbonyl (C=O) groups is 2. The van der Waals surface area contributed by atoms with Crippen LogP contribution >= 0.6 is 0 Å². The zero-order valence-corrected chi connectivity index (χ0v) is 11.1. The summed E-state index contributed by atoms with van der Waals surface area (Å²) in [6.07, 6.45) is 3.87. The summed E-state index contributed by atoms with van der Waals surface area (Å²) in [5.74, 6) is -0.924. The molecule has 0 bridgehead atoms. The molecule has 0 aromatic heterocycles. The van der Waals surface area contributed by atoms with E-state index in [-0.39, 0.29) is 18.4 Å². The summed E-state index contributed by atoms with van der Waals surface area (Å²) in [6.45, 7) is 1.98. The van der Waals surface area contributed by atoms with Gasteiger partial charge in [-0.15, -0.1) is 0 Å². The van der Waals surface area contributed by atoms with E-state index in [0.717, 1.165) is 32.2 Å². The highest BCUT2D eigenvalue weighted by Crippen LogP contribution is 2.32. The number of hydrogen-bond donors (Lipinski definition) is 3. The van der Waals surface area contributed by atoms with Crippen LogP contribution in [-0.4, -0.2) is 48.3 Å². The number of amides is 1. The first-order valence-corrected chi connectivity index (χ1v) is 6.94. The summed E-state index contributed by atoms with van der Waals surface area (Å²) in [5, 5.41) is 15.2. The fraction of sp³-hybridized carbons (Fsp3) is 0.846. The molecule has 2 rings (SSSR count). The number of morpholine rings is 1. The third kappa shape index (κ3) is 4.18. The topological polar surface area (TPSA) is 87.7 Å². The zero-order chi connectivity index (χ0) is 13.7. The lowest BCUT2D eigenvalue weighted by Crippen LogP contribution is -2.51. The minimum atomic E-state index is -0.846. The van der Waals surface area contributed by atoms with Crippen LogP contribution in [0.25, 0.3) is 0 Å². The van der Waals surface area contributed by atoms with E-state index in [0.29, 0.717) is 19.6 Å². The van der Waals surface area contributed by atoms with Gasteiger partial charge in [0.05, 0.1) is 25.2 Å². The molecule has 1 atom stereocenters. The molecular weight excluding hydrogens is 248 g/mol. The van der Waals surface area contributed by atoms with Crippen molar-refractivity contribution in [2.75, 3.05) is 19.8 Å². The minimum absolute atomic E-state index is 0.0212. The molecule has 1 saturated carbocycles. The van der Waals surface area contributed by atoms with Crippen molar-refractivity contribution in [2.24, 2.45) is 0 Å². The van der Waals surface area contributed by atoms with Crippen LogP contribution < -0.4 is 10.6 Å².